The summed E-state index contributed by atoms with van der Waals surface area (Å²) in [4.78, 5) is 23.4. The number of amides is 2. The highest BCUT2D eigenvalue weighted by Crippen LogP contribution is 2.09. The molecule has 118 valence electrons. The summed E-state index contributed by atoms with van der Waals surface area (Å²) in [7, 11) is 1.34. The number of carbonyl (C=O) groups excluding carboxylic acids is 2. The minimum absolute atomic E-state index is 0.0535. The fraction of sp³-hybridized carbons (Fsp3) is 0.867. The first-order chi connectivity index (χ1) is 9.56. The first-order valence-corrected chi connectivity index (χ1v) is 7.68. The molecule has 5 nitrogen and oxygen atoms in total. The number of hydrogen-bond acceptors (Lipinski definition) is 3. The predicted molar refractivity (Wildman–Crippen MR) is 80.6 cm³/mol. The van der Waals surface area contributed by atoms with Gasteiger partial charge in [0.05, 0.1) is 7.11 Å². The lowest BCUT2D eigenvalue weighted by Gasteiger charge is -2.22. The molecule has 0 bridgehead atoms. The third-order valence-electron chi connectivity index (χ3n) is 3.52. The van der Waals surface area contributed by atoms with Crippen molar-refractivity contribution < 1.29 is 14.3 Å². The van der Waals surface area contributed by atoms with Gasteiger partial charge in [-0.1, -0.05) is 52.9 Å². The number of carbonyl (C=O) groups is 2. The molecule has 5 heteroatoms. The van der Waals surface area contributed by atoms with Crippen LogP contribution in [0.15, 0.2) is 0 Å². The highest BCUT2D eigenvalue weighted by molar-refractivity contribution is 5.83. The van der Waals surface area contributed by atoms with Gasteiger partial charge in [-0.25, -0.2) is 9.59 Å². The van der Waals surface area contributed by atoms with Crippen molar-refractivity contribution in [2.75, 3.05) is 13.7 Å². The van der Waals surface area contributed by atoms with Crippen LogP contribution in [0.3, 0.4) is 0 Å². The molecule has 20 heavy (non-hydrogen) atoms. The number of esters is 1. The van der Waals surface area contributed by atoms with Gasteiger partial charge in [-0.15, -0.1) is 0 Å². The molecule has 0 saturated heterocycles. The summed E-state index contributed by atoms with van der Waals surface area (Å²) in [6.07, 6.45) is 6.56. The zero-order valence-electron chi connectivity index (χ0n) is 13.3. The van der Waals surface area contributed by atoms with Crippen molar-refractivity contribution in [3.63, 3.8) is 0 Å². The second-order valence-corrected chi connectivity index (χ2v) is 5.20. The Labute approximate surface area is 122 Å². The second kappa shape index (κ2) is 11.6. The van der Waals surface area contributed by atoms with Crippen LogP contribution in [0.2, 0.25) is 0 Å². The lowest BCUT2D eigenvalue weighted by molar-refractivity contribution is -0.144. The summed E-state index contributed by atoms with van der Waals surface area (Å²) in [5, 5.41) is 5.49. The molecule has 0 saturated carbocycles. The fourth-order valence-corrected chi connectivity index (χ4v) is 1.92. The van der Waals surface area contributed by atoms with Crippen molar-refractivity contribution >= 4 is 12.0 Å². The Morgan fingerprint density at radius 1 is 1.10 bits per heavy atom. The average Bonchev–Trinajstić information content (AvgIpc) is 2.46. The average molecular weight is 286 g/mol. The zero-order chi connectivity index (χ0) is 15.4. The number of urea groups is 1. The predicted octanol–water partition coefficient (Wildman–Crippen LogP) is 2.84. The van der Waals surface area contributed by atoms with Crippen molar-refractivity contribution in [2.24, 2.45) is 5.92 Å². The molecular weight excluding hydrogens is 256 g/mol. The van der Waals surface area contributed by atoms with E-state index in [4.69, 9.17) is 4.74 Å². The molecule has 0 aromatic heterocycles. The van der Waals surface area contributed by atoms with E-state index in [1.54, 1.807) is 0 Å². The topological polar surface area (TPSA) is 67.4 Å². The van der Waals surface area contributed by atoms with E-state index in [1.165, 1.54) is 26.4 Å². The van der Waals surface area contributed by atoms with Crippen LogP contribution in [0.4, 0.5) is 4.79 Å². The molecule has 0 radical (unpaired) electrons. The third kappa shape index (κ3) is 8.02. The van der Waals surface area contributed by atoms with Gasteiger partial charge in [0.15, 0.2) is 0 Å². The van der Waals surface area contributed by atoms with Gasteiger partial charge < -0.3 is 15.4 Å². The van der Waals surface area contributed by atoms with Gasteiger partial charge in [0.1, 0.15) is 6.04 Å². The van der Waals surface area contributed by atoms with E-state index in [0.717, 1.165) is 19.3 Å². The normalized spacial score (nSPS) is 13.4. The molecule has 0 aromatic rings. The van der Waals surface area contributed by atoms with E-state index in [9.17, 15) is 9.59 Å². The number of ether oxygens (including phenoxy) is 1. The van der Waals surface area contributed by atoms with Gasteiger partial charge in [-0.3, -0.25) is 0 Å². The molecule has 0 spiro atoms. The largest absolute Gasteiger partial charge is 0.467 e. The van der Waals surface area contributed by atoms with E-state index < -0.39 is 12.0 Å². The molecule has 0 fully saturated rings. The standard InChI is InChI=1S/C15H30N2O3/c1-5-7-8-9-10-11-16-15(19)17-13(12(3)6-2)14(18)20-4/h12-13H,5-11H2,1-4H3,(H2,16,17,19). The van der Waals surface area contributed by atoms with Crippen LogP contribution in [-0.4, -0.2) is 31.7 Å². The van der Waals surface area contributed by atoms with Crippen LogP contribution < -0.4 is 10.6 Å². The fourth-order valence-electron chi connectivity index (χ4n) is 1.92. The minimum Gasteiger partial charge on any atom is -0.467 e. The summed E-state index contributed by atoms with van der Waals surface area (Å²) >= 11 is 0. The van der Waals surface area contributed by atoms with E-state index in [1.807, 2.05) is 13.8 Å². The molecule has 0 aromatic carbocycles. The molecule has 2 atom stereocenters. The Balaban J connectivity index is 3.98. The second-order valence-electron chi connectivity index (χ2n) is 5.20. The molecule has 0 aliphatic heterocycles. The van der Waals surface area contributed by atoms with Crippen LogP contribution in [-0.2, 0) is 9.53 Å². The van der Waals surface area contributed by atoms with Crippen LogP contribution in [0.1, 0.15) is 59.3 Å². The Kier molecular flexibility index (Phi) is 10.8. The van der Waals surface area contributed by atoms with Gasteiger partial charge in [-0.2, -0.15) is 0 Å². The molecular formula is C15H30N2O3. The lowest BCUT2D eigenvalue weighted by atomic mass is 9.99. The Morgan fingerprint density at radius 3 is 2.30 bits per heavy atom. The number of hydrogen-bond donors (Lipinski definition) is 2. The van der Waals surface area contributed by atoms with Crippen molar-refractivity contribution in [3.8, 4) is 0 Å². The maximum atomic E-state index is 11.8. The van der Waals surface area contributed by atoms with Crippen molar-refractivity contribution in [3.05, 3.63) is 0 Å². The van der Waals surface area contributed by atoms with E-state index in [-0.39, 0.29) is 11.9 Å². The molecule has 0 aliphatic rings. The van der Waals surface area contributed by atoms with Crippen molar-refractivity contribution in [2.45, 2.75) is 65.3 Å². The smallest absolute Gasteiger partial charge is 0.328 e. The maximum absolute atomic E-state index is 11.8. The van der Waals surface area contributed by atoms with Crippen molar-refractivity contribution in [1.82, 2.24) is 10.6 Å². The molecule has 0 heterocycles. The van der Waals surface area contributed by atoms with Gasteiger partial charge in [-0.05, 0) is 12.3 Å². The quantitative estimate of drug-likeness (QED) is 0.479. The van der Waals surface area contributed by atoms with Crippen LogP contribution in [0.5, 0.6) is 0 Å². The maximum Gasteiger partial charge on any atom is 0.328 e. The lowest BCUT2D eigenvalue weighted by Crippen LogP contribution is -2.49. The van der Waals surface area contributed by atoms with Gasteiger partial charge in [0.2, 0.25) is 0 Å². The third-order valence-corrected chi connectivity index (χ3v) is 3.52. The number of methoxy groups -OCH3 is 1. The summed E-state index contributed by atoms with van der Waals surface area (Å²) in [6.45, 7) is 6.72. The molecule has 2 unspecified atom stereocenters. The van der Waals surface area contributed by atoms with Gasteiger partial charge in [0, 0.05) is 6.54 Å². The number of rotatable bonds is 10. The number of unbranched alkanes of at least 4 members (excludes halogenated alkanes) is 4. The Bertz CT molecular complexity index is 282. The molecule has 0 rings (SSSR count). The summed E-state index contributed by atoms with van der Waals surface area (Å²) < 4.78 is 4.72. The van der Waals surface area contributed by atoms with Gasteiger partial charge >= 0.3 is 12.0 Å². The highest BCUT2D eigenvalue weighted by Gasteiger charge is 2.26. The summed E-state index contributed by atoms with van der Waals surface area (Å²) in [5.41, 5.74) is 0. The van der Waals surface area contributed by atoms with Crippen LogP contribution >= 0.6 is 0 Å². The molecule has 0 aliphatic carbocycles. The van der Waals surface area contributed by atoms with Crippen molar-refractivity contribution in [1.29, 1.82) is 0 Å². The summed E-state index contributed by atoms with van der Waals surface area (Å²) in [5.74, 6) is -0.338. The molecule has 2 N–H and O–H groups in total. The first kappa shape index (κ1) is 18.7. The van der Waals surface area contributed by atoms with Gasteiger partial charge in [0.25, 0.3) is 0 Å². The summed E-state index contributed by atoms with van der Waals surface area (Å²) in [6, 6.07) is -0.874. The number of nitrogens with one attached hydrogen (secondary N) is 2. The van der Waals surface area contributed by atoms with E-state index >= 15 is 0 Å². The van der Waals surface area contributed by atoms with E-state index in [2.05, 4.69) is 17.6 Å². The first-order valence-electron chi connectivity index (χ1n) is 7.68. The highest BCUT2D eigenvalue weighted by atomic mass is 16.5. The Morgan fingerprint density at radius 2 is 1.75 bits per heavy atom. The molecule has 2 amide bonds. The SMILES string of the molecule is CCCCCCCNC(=O)NC(C(=O)OC)C(C)CC. The minimum atomic E-state index is -0.579. The van der Waals surface area contributed by atoms with E-state index in [0.29, 0.717) is 6.54 Å². The monoisotopic (exact) mass is 286 g/mol. The zero-order valence-corrected chi connectivity index (χ0v) is 13.3. The van der Waals surface area contributed by atoms with Crippen LogP contribution in [0, 0.1) is 5.92 Å². The Hall–Kier alpha value is -1.26. The van der Waals surface area contributed by atoms with Crippen LogP contribution in [0.25, 0.3) is 0 Å².